The Kier molecular flexibility index (Phi) is 10.1. The number of hydrogen-bond donors (Lipinski definition) is 2. The summed E-state index contributed by atoms with van der Waals surface area (Å²) < 4.78 is 15.9. The Bertz CT molecular complexity index is 804. The second kappa shape index (κ2) is 12.5. The van der Waals surface area contributed by atoms with Gasteiger partial charge in [0.05, 0.1) is 26.9 Å². The molecule has 0 saturated carbocycles. The van der Waals surface area contributed by atoms with Crippen molar-refractivity contribution in [2.75, 3.05) is 38.9 Å². The third-order valence-corrected chi connectivity index (χ3v) is 6.30. The van der Waals surface area contributed by atoms with Gasteiger partial charge in [-0.05, 0) is 50.5 Å². The van der Waals surface area contributed by atoms with E-state index in [0.29, 0.717) is 42.4 Å². The number of hydrogen-bond acceptors (Lipinski definition) is 8. The predicted molar refractivity (Wildman–Crippen MR) is 121 cm³/mol. The molecule has 1 aromatic carbocycles. The molecule has 3 atom stereocenters. The van der Waals surface area contributed by atoms with Gasteiger partial charge in [-0.1, -0.05) is 0 Å². The van der Waals surface area contributed by atoms with Crippen molar-refractivity contribution < 1.29 is 33.7 Å². The summed E-state index contributed by atoms with van der Waals surface area (Å²) in [4.78, 5) is 38.5. The molecule has 9 nitrogen and oxygen atoms in total. The molecule has 3 unspecified atom stereocenters. The molecular formula is C22H32N2O7S. The fraction of sp³-hybridized carbons (Fsp3) is 0.591. The first-order chi connectivity index (χ1) is 15.3. The van der Waals surface area contributed by atoms with Crippen LogP contribution in [0.5, 0.6) is 11.5 Å². The van der Waals surface area contributed by atoms with Crippen LogP contribution in [0.1, 0.15) is 25.8 Å². The molecule has 2 N–H and O–H groups in total. The fourth-order valence-electron chi connectivity index (χ4n) is 3.58. The summed E-state index contributed by atoms with van der Waals surface area (Å²) in [5, 5.41) is 12.5. The number of aliphatic carboxylic acids is 1. The molecule has 10 heteroatoms. The number of nitrogens with one attached hydrogen (secondary N) is 1. The van der Waals surface area contributed by atoms with Crippen molar-refractivity contribution in [1.82, 2.24) is 10.2 Å². The molecule has 2 rings (SSSR count). The largest absolute Gasteiger partial charge is 0.497 e. The molecule has 1 heterocycles. The molecule has 1 amide bonds. The quantitative estimate of drug-likeness (QED) is 0.467. The van der Waals surface area contributed by atoms with Crippen LogP contribution in [-0.2, 0) is 25.5 Å². The summed E-state index contributed by atoms with van der Waals surface area (Å²) in [6.07, 6.45) is 0.841. The van der Waals surface area contributed by atoms with E-state index in [1.165, 1.54) is 16.7 Å². The minimum Gasteiger partial charge on any atom is -0.497 e. The Hall–Kier alpha value is -2.46. The number of methoxy groups -OCH3 is 2. The Balaban J connectivity index is 2.12. The smallest absolute Gasteiger partial charge is 0.327 e. The molecule has 0 radical (unpaired) electrons. The highest BCUT2D eigenvalue weighted by Crippen LogP contribution is 2.26. The van der Waals surface area contributed by atoms with Crippen molar-refractivity contribution in [3.05, 3.63) is 23.8 Å². The second-order valence-electron chi connectivity index (χ2n) is 7.37. The van der Waals surface area contributed by atoms with Crippen molar-refractivity contribution in [3.8, 4) is 11.5 Å². The Labute approximate surface area is 192 Å². The summed E-state index contributed by atoms with van der Waals surface area (Å²) in [5.41, 5.74) is 0.862. The lowest BCUT2D eigenvalue weighted by atomic mass is 10.0. The van der Waals surface area contributed by atoms with Crippen LogP contribution >= 0.6 is 11.8 Å². The second-order valence-corrected chi connectivity index (χ2v) is 8.52. The van der Waals surface area contributed by atoms with E-state index in [2.05, 4.69) is 5.32 Å². The molecule has 0 aromatic heterocycles. The van der Waals surface area contributed by atoms with Gasteiger partial charge in [-0.25, -0.2) is 4.79 Å². The number of ether oxygens (including phenoxy) is 3. The predicted octanol–water partition coefficient (Wildman–Crippen LogP) is 1.57. The third-order valence-electron chi connectivity index (χ3n) is 5.28. The van der Waals surface area contributed by atoms with Crippen LogP contribution in [0.4, 0.5) is 0 Å². The number of nitrogens with zero attached hydrogens (tertiary/aromatic N) is 1. The fourth-order valence-corrected chi connectivity index (χ4v) is 4.62. The maximum Gasteiger partial charge on any atom is 0.327 e. The van der Waals surface area contributed by atoms with Crippen LogP contribution in [0.2, 0.25) is 0 Å². The van der Waals surface area contributed by atoms with Crippen molar-refractivity contribution in [1.29, 1.82) is 0 Å². The lowest BCUT2D eigenvalue weighted by Gasteiger charge is -2.35. The topological polar surface area (TPSA) is 114 Å². The molecule has 178 valence electrons. The van der Waals surface area contributed by atoms with E-state index >= 15 is 0 Å². The standard InChI is InChI=1S/C22H32N2O7S/c1-5-31-22(28)17(8-6-15-12-16(29-3)7-9-19(15)30-4)23-14(2)20(25)24-10-11-32-13-18(24)21(26)27/h7,9,12,14,17-18,23H,5-6,8,10-11,13H2,1-4H3,(H,26,27). The van der Waals surface area contributed by atoms with E-state index in [-0.39, 0.29) is 12.5 Å². The molecule has 1 fully saturated rings. The van der Waals surface area contributed by atoms with Crippen LogP contribution in [-0.4, -0.2) is 84.9 Å². The number of aryl methyl sites for hydroxylation is 1. The Morgan fingerprint density at radius 3 is 2.66 bits per heavy atom. The van der Waals surface area contributed by atoms with E-state index in [0.717, 1.165) is 5.56 Å². The average Bonchev–Trinajstić information content (AvgIpc) is 2.80. The number of rotatable bonds is 11. The molecule has 32 heavy (non-hydrogen) atoms. The number of carbonyl (C=O) groups excluding carboxylic acids is 2. The molecular weight excluding hydrogens is 436 g/mol. The zero-order chi connectivity index (χ0) is 23.7. The van der Waals surface area contributed by atoms with Gasteiger partial charge in [0.25, 0.3) is 0 Å². The van der Waals surface area contributed by atoms with Gasteiger partial charge in [-0.15, -0.1) is 0 Å². The van der Waals surface area contributed by atoms with Gasteiger partial charge in [0.2, 0.25) is 5.91 Å². The number of benzene rings is 1. The minimum absolute atomic E-state index is 0.215. The highest BCUT2D eigenvalue weighted by Gasteiger charge is 2.35. The number of carboxylic acid groups (broad SMARTS) is 1. The van der Waals surface area contributed by atoms with Crippen LogP contribution in [0.3, 0.4) is 0 Å². The van der Waals surface area contributed by atoms with Gasteiger partial charge in [0.1, 0.15) is 23.6 Å². The summed E-state index contributed by atoms with van der Waals surface area (Å²) in [6, 6.07) is 3.08. The zero-order valence-electron chi connectivity index (χ0n) is 19.0. The minimum atomic E-state index is -1.02. The maximum absolute atomic E-state index is 13.0. The van der Waals surface area contributed by atoms with Gasteiger partial charge < -0.3 is 24.2 Å². The number of thioether (sulfide) groups is 1. The lowest BCUT2D eigenvalue weighted by molar-refractivity contribution is -0.151. The highest BCUT2D eigenvalue weighted by atomic mass is 32.2. The molecule has 0 spiro atoms. The monoisotopic (exact) mass is 468 g/mol. The number of carboxylic acids is 1. The van der Waals surface area contributed by atoms with Crippen LogP contribution < -0.4 is 14.8 Å². The molecule has 0 bridgehead atoms. The normalized spacial score (nSPS) is 17.9. The van der Waals surface area contributed by atoms with Gasteiger partial charge in [-0.2, -0.15) is 11.8 Å². The van der Waals surface area contributed by atoms with E-state index in [1.807, 2.05) is 6.07 Å². The summed E-state index contributed by atoms with van der Waals surface area (Å²) in [5.74, 6) is 0.554. The summed E-state index contributed by atoms with van der Waals surface area (Å²) >= 11 is 1.51. The molecule has 1 aliphatic rings. The van der Waals surface area contributed by atoms with E-state index in [1.54, 1.807) is 40.2 Å². The summed E-state index contributed by atoms with van der Waals surface area (Å²) in [6.45, 7) is 3.93. The molecule has 1 aromatic rings. The van der Waals surface area contributed by atoms with Gasteiger partial charge in [0, 0.05) is 18.1 Å². The maximum atomic E-state index is 13.0. The van der Waals surface area contributed by atoms with E-state index < -0.39 is 30.1 Å². The first-order valence-corrected chi connectivity index (χ1v) is 11.7. The molecule has 1 aliphatic heterocycles. The van der Waals surface area contributed by atoms with Crippen LogP contribution in [0.25, 0.3) is 0 Å². The van der Waals surface area contributed by atoms with Crippen molar-refractivity contribution in [2.45, 2.75) is 44.8 Å². The number of carbonyl (C=O) groups is 3. The Morgan fingerprint density at radius 1 is 1.28 bits per heavy atom. The summed E-state index contributed by atoms with van der Waals surface area (Å²) in [7, 11) is 3.15. The average molecular weight is 469 g/mol. The van der Waals surface area contributed by atoms with Crippen molar-refractivity contribution in [2.24, 2.45) is 0 Å². The SMILES string of the molecule is CCOC(=O)C(CCc1cc(OC)ccc1OC)NC(C)C(=O)N1CCSCC1C(=O)O. The molecule has 1 saturated heterocycles. The lowest BCUT2D eigenvalue weighted by Crippen LogP contribution is -2.57. The highest BCUT2D eigenvalue weighted by molar-refractivity contribution is 7.99. The number of amides is 1. The van der Waals surface area contributed by atoms with Crippen LogP contribution in [0.15, 0.2) is 18.2 Å². The van der Waals surface area contributed by atoms with E-state index in [9.17, 15) is 19.5 Å². The van der Waals surface area contributed by atoms with Crippen molar-refractivity contribution in [3.63, 3.8) is 0 Å². The first kappa shape index (κ1) is 25.8. The van der Waals surface area contributed by atoms with Gasteiger partial charge in [-0.3, -0.25) is 14.9 Å². The third kappa shape index (κ3) is 6.77. The zero-order valence-corrected chi connectivity index (χ0v) is 19.8. The van der Waals surface area contributed by atoms with E-state index in [4.69, 9.17) is 14.2 Å². The number of esters is 1. The molecule has 0 aliphatic carbocycles. The van der Waals surface area contributed by atoms with Crippen molar-refractivity contribution >= 4 is 29.6 Å². The van der Waals surface area contributed by atoms with Gasteiger partial charge >= 0.3 is 11.9 Å². The van der Waals surface area contributed by atoms with Crippen LogP contribution in [0, 0.1) is 0 Å². The first-order valence-electron chi connectivity index (χ1n) is 10.6. The Morgan fingerprint density at radius 2 is 2.03 bits per heavy atom. The van der Waals surface area contributed by atoms with Gasteiger partial charge in [0.15, 0.2) is 0 Å².